The minimum absolute atomic E-state index is 0.0246. The van der Waals surface area contributed by atoms with Gasteiger partial charge in [0.15, 0.2) is 0 Å². The molecule has 7 nitrogen and oxygen atoms in total. The van der Waals surface area contributed by atoms with Crippen LogP contribution in [-0.2, 0) is 14.3 Å². The topological polar surface area (TPSA) is 73.9 Å². The van der Waals surface area contributed by atoms with Crippen molar-refractivity contribution < 1.29 is 14.3 Å². The maximum absolute atomic E-state index is 12.5. The predicted molar refractivity (Wildman–Crippen MR) is 122 cm³/mol. The number of benzene rings is 2. The first-order valence-electron chi connectivity index (χ1n) is 10.7. The van der Waals surface area contributed by atoms with Crippen molar-refractivity contribution in [1.82, 2.24) is 15.5 Å². The van der Waals surface area contributed by atoms with Crippen LogP contribution in [0.3, 0.4) is 0 Å². The van der Waals surface area contributed by atoms with Gasteiger partial charge in [0.1, 0.15) is 0 Å². The standard InChI is InChI=1S/C24H32N4O3/c1-18(19-7-5-4-6-8-19)26-24(30)23(29)25-17-22(28-13-15-31-16-14-28)20-9-11-21(12-10-20)27(2)3/h4-12,18,22H,13-17H2,1-3H3,(H,25,29)(H,26,30)/t18-,22-/m0/s1. The Morgan fingerprint density at radius 3 is 2.23 bits per heavy atom. The van der Waals surface area contributed by atoms with E-state index in [1.807, 2.05) is 56.3 Å². The Morgan fingerprint density at radius 1 is 0.968 bits per heavy atom. The van der Waals surface area contributed by atoms with E-state index >= 15 is 0 Å². The number of hydrogen-bond acceptors (Lipinski definition) is 5. The molecule has 1 heterocycles. The molecule has 1 aliphatic rings. The molecule has 31 heavy (non-hydrogen) atoms. The lowest BCUT2D eigenvalue weighted by Crippen LogP contribution is -2.47. The van der Waals surface area contributed by atoms with Crippen molar-refractivity contribution in [2.75, 3.05) is 51.8 Å². The van der Waals surface area contributed by atoms with Crippen LogP contribution in [0.25, 0.3) is 0 Å². The molecular formula is C24H32N4O3. The fourth-order valence-electron chi connectivity index (χ4n) is 3.70. The highest BCUT2D eigenvalue weighted by molar-refractivity contribution is 6.35. The first-order valence-corrected chi connectivity index (χ1v) is 10.7. The summed E-state index contributed by atoms with van der Waals surface area (Å²) in [6.07, 6.45) is 0. The van der Waals surface area contributed by atoms with Crippen molar-refractivity contribution in [1.29, 1.82) is 0 Å². The summed E-state index contributed by atoms with van der Waals surface area (Å²) in [4.78, 5) is 29.2. The van der Waals surface area contributed by atoms with Crippen LogP contribution < -0.4 is 15.5 Å². The van der Waals surface area contributed by atoms with E-state index in [2.05, 4.69) is 39.8 Å². The van der Waals surface area contributed by atoms with Crippen molar-refractivity contribution in [3.63, 3.8) is 0 Å². The molecule has 0 aromatic heterocycles. The van der Waals surface area contributed by atoms with Crippen molar-refractivity contribution in [3.8, 4) is 0 Å². The second kappa shape index (κ2) is 10.9. The number of anilines is 1. The molecule has 0 bridgehead atoms. The van der Waals surface area contributed by atoms with E-state index in [0.717, 1.165) is 29.9 Å². The van der Waals surface area contributed by atoms with Gasteiger partial charge < -0.3 is 20.3 Å². The third-order valence-corrected chi connectivity index (χ3v) is 5.59. The van der Waals surface area contributed by atoms with E-state index in [9.17, 15) is 9.59 Å². The van der Waals surface area contributed by atoms with Gasteiger partial charge in [0.2, 0.25) is 0 Å². The Balaban J connectivity index is 1.63. The average Bonchev–Trinajstić information content (AvgIpc) is 2.80. The molecule has 2 atom stereocenters. The number of rotatable bonds is 7. The van der Waals surface area contributed by atoms with Crippen LogP contribution >= 0.6 is 0 Å². The first-order chi connectivity index (χ1) is 15.0. The Hall–Kier alpha value is -2.90. The van der Waals surface area contributed by atoms with Gasteiger partial charge in [-0.2, -0.15) is 0 Å². The van der Waals surface area contributed by atoms with Crippen molar-refractivity contribution >= 4 is 17.5 Å². The van der Waals surface area contributed by atoms with Gasteiger partial charge in [0.25, 0.3) is 0 Å². The number of carbonyl (C=O) groups is 2. The summed E-state index contributed by atoms with van der Waals surface area (Å²) in [5, 5.41) is 5.60. The lowest BCUT2D eigenvalue weighted by atomic mass is 10.0. The summed E-state index contributed by atoms with van der Waals surface area (Å²) in [5.74, 6) is -1.24. The fraction of sp³-hybridized carbons (Fsp3) is 0.417. The van der Waals surface area contributed by atoms with E-state index in [-0.39, 0.29) is 12.1 Å². The van der Waals surface area contributed by atoms with E-state index in [0.29, 0.717) is 19.8 Å². The smallest absolute Gasteiger partial charge is 0.309 e. The van der Waals surface area contributed by atoms with Gasteiger partial charge >= 0.3 is 11.8 Å². The predicted octanol–water partition coefficient (Wildman–Crippen LogP) is 2.12. The summed E-state index contributed by atoms with van der Waals surface area (Å²) < 4.78 is 5.49. The molecule has 2 amide bonds. The zero-order chi connectivity index (χ0) is 22.2. The van der Waals surface area contributed by atoms with E-state index in [1.54, 1.807) is 0 Å². The van der Waals surface area contributed by atoms with Gasteiger partial charge in [0, 0.05) is 39.4 Å². The van der Waals surface area contributed by atoms with Crippen molar-refractivity contribution in [3.05, 3.63) is 65.7 Å². The zero-order valence-corrected chi connectivity index (χ0v) is 18.5. The molecule has 1 aliphatic heterocycles. The van der Waals surface area contributed by atoms with E-state index < -0.39 is 11.8 Å². The average molecular weight is 425 g/mol. The summed E-state index contributed by atoms with van der Waals surface area (Å²) >= 11 is 0. The molecular weight excluding hydrogens is 392 g/mol. The van der Waals surface area contributed by atoms with E-state index in [4.69, 9.17) is 4.74 Å². The van der Waals surface area contributed by atoms with Crippen LogP contribution in [-0.4, -0.2) is 63.7 Å². The maximum Gasteiger partial charge on any atom is 0.309 e. The highest BCUT2D eigenvalue weighted by atomic mass is 16.5. The minimum atomic E-state index is -0.625. The lowest BCUT2D eigenvalue weighted by Gasteiger charge is -2.35. The summed E-state index contributed by atoms with van der Waals surface area (Å²) in [6, 6.07) is 17.6. The number of morpholine rings is 1. The molecule has 2 N–H and O–H groups in total. The molecule has 0 aliphatic carbocycles. The van der Waals surface area contributed by atoms with Gasteiger partial charge in [-0.1, -0.05) is 42.5 Å². The largest absolute Gasteiger partial charge is 0.379 e. The van der Waals surface area contributed by atoms with Gasteiger partial charge in [-0.15, -0.1) is 0 Å². The van der Waals surface area contributed by atoms with Gasteiger partial charge in [-0.05, 0) is 30.2 Å². The Morgan fingerprint density at radius 2 is 1.61 bits per heavy atom. The number of ether oxygens (including phenoxy) is 1. The maximum atomic E-state index is 12.5. The van der Waals surface area contributed by atoms with Crippen LogP contribution in [0, 0.1) is 0 Å². The molecule has 166 valence electrons. The van der Waals surface area contributed by atoms with Crippen molar-refractivity contribution in [2.45, 2.75) is 19.0 Å². The Labute approximate surface area is 184 Å². The fourth-order valence-corrected chi connectivity index (χ4v) is 3.70. The number of nitrogens with one attached hydrogen (secondary N) is 2. The molecule has 7 heteroatoms. The van der Waals surface area contributed by atoms with Crippen LogP contribution in [0.1, 0.15) is 30.1 Å². The van der Waals surface area contributed by atoms with Crippen molar-refractivity contribution in [2.24, 2.45) is 0 Å². The molecule has 2 aromatic rings. The molecule has 1 fully saturated rings. The van der Waals surface area contributed by atoms with Crippen LogP contribution in [0.5, 0.6) is 0 Å². The second-order valence-electron chi connectivity index (χ2n) is 7.97. The third kappa shape index (κ3) is 6.29. The molecule has 0 spiro atoms. The highest BCUT2D eigenvalue weighted by Gasteiger charge is 2.25. The molecule has 0 radical (unpaired) electrons. The first kappa shape index (κ1) is 22.8. The normalized spacial score (nSPS) is 16.2. The summed E-state index contributed by atoms with van der Waals surface area (Å²) in [6.45, 7) is 5.11. The SMILES string of the molecule is C[C@H](NC(=O)C(=O)NC[C@@H](c1ccc(N(C)C)cc1)N1CCOCC1)c1ccccc1. The van der Waals surface area contributed by atoms with Gasteiger partial charge in [-0.3, -0.25) is 14.5 Å². The monoisotopic (exact) mass is 424 g/mol. The zero-order valence-electron chi connectivity index (χ0n) is 18.5. The molecule has 2 aromatic carbocycles. The Kier molecular flexibility index (Phi) is 8.03. The highest BCUT2D eigenvalue weighted by Crippen LogP contribution is 2.24. The van der Waals surface area contributed by atoms with Gasteiger partial charge in [0.05, 0.1) is 25.3 Å². The van der Waals surface area contributed by atoms with Crippen LogP contribution in [0.4, 0.5) is 5.69 Å². The second-order valence-corrected chi connectivity index (χ2v) is 7.97. The number of hydrogen-bond donors (Lipinski definition) is 2. The Bertz CT molecular complexity index is 849. The summed E-state index contributed by atoms with van der Waals surface area (Å²) in [7, 11) is 4.01. The quantitative estimate of drug-likeness (QED) is 0.666. The molecule has 0 unspecified atom stereocenters. The van der Waals surface area contributed by atoms with Crippen LogP contribution in [0.15, 0.2) is 54.6 Å². The van der Waals surface area contributed by atoms with E-state index in [1.165, 1.54) is 0 Å². The van der Waals surface area contributed by atoms with Crippen LogP contribution in [0.2, 0.25) is 0 Å². The summed E-state index contributed by atoms with van der Waals surface area (Å²) in [5.41, 5.74) is 3.17. The number of nitrogens with zero attached hydrogens (tertiary/aromatic N) is 2. The molecule has 3 rings (SSSR count). The number of carbonyl (C=O) groups excluding carboxylic acids is 2. The minimum Gasteiger partial charge on any atom is -0.379 e. The molecule has 0 saturated carbocycles. The number of amides is 2. The lowest BCUT2D eigenvalue weighted by molar-refractivity contribution is -0.139. The third-order valence-electron chi connectivity index (χ3n) is 5.59. The molecule has 1 saturated heterocycles. The van der Waals surface area contributed by atoms with Gasteiger partial charge in [-0.25, -0.2) is 0 Å².